The largest absolute Gasteiger partial charge is 0.401 e. The van der Waals surface area contributed by atoms with Crippen molar-refractivity contribution in [1.29, 1.82) is 5.26 Å². The minimum absolute atomic E-state index is 0.00544. The highest BCUT2D eigenvalue weighted by atomic mass is 32.2. The number of imidazole rings is 1. The predicted octanol–water partition coefficient (Wildman–Crippen LogP) is 5.20. The van der Waals surface area contributed by atoms with Crippen molar-refractivity contribution < 1.29 is 41.1 Å². The molecule has 0 bridgehead atoms. The number of halogens is 4. The molecule has 0 saturated heterocycles. The quantitative estimate of drug-likeness (QED) is 0.198. The van der Waals surface area contributed by atoms with E-state index in [2.05, 4.69) is 4.98 Å². The Labute approximate surface area is 235 Å². The summed E-state index contributed by atoms with van der Waals surface area (Å²) in [4.78, 5) is 17.7. The monoisotopic (exact) mass is 594 g/mol. The van der Waals surface area contributed by atoms with Gasteiger partial charge in [-0.15, -0.1) is 0 Å². The Hall–Kier alpha value is -3.80. The zero-order valence-corrected chi connectivity index (χ0v) is 22.4. The number of carbonyl (C=O) groups is 1. The standard InChI is InChI=1S/C27H26F4N4O5S/c28-19-13-17(15-32)12-18(14-19)25-33-24(26(37)35(38)21-4-2-1-3-5-21)23(16-36)34(25)20-6-8-22(9-7-20)40-41(39)11-10-27(29,30)31/h6-9,12-14,21,36,38H,1-5,10-11,16H2. The molecule has 9 nitrogen and oxygen atoms in total. The van der Waals surface area contributed by atoms with Crippen LogP contribution in [0.4, 0.5) is 17.6 Å². The van der Waals surface area contributed by atoms with E-state index in [0.29, 0.717) is 17.9 Å². The molecule has 1 heterocycles. The fourth-order valence-corrected chi connectivity index (χ4v) is 5.43. The molecule has 218 valence electrons. The Balaban J connectivity index is 1.75. The van der Waals surface area contributed by atoms with Gasteiger partial charge in [-0.05, 0) is 55.3 Å². The summed E-state index contributed by atoms with van der Waals surface area (Å²) in [5.41, 5.74) is 0.0287. The third kappa shape index (κ3) is 7.29. The lowest BCUT2D eigenvalue weighted by atomic mass is 9.95. The van der Waals surface area contributed by atoms with Crippen molar-refractivity contribution in [1.82, 2.24) is 14.6 Å². The highest BCUT2D eigenvalue weighted by molar-refractivity contribution is 7.80. The SMILES string of the molecule is N#Cc1cc(F)cc(-c2nc(C(=O)N(O)C3CCCCC3)c(CO)n2-c2ccc(OS(=O)CCC(F)(F)F)cc2)c1. The molecular formula is C27H26F4N4O5S. The summed E-state index contributed by atoms with van der Waals surface area (Å²) in [5, 5.41) is 31.0. The molecule has 0 spiro atoms. The Kier molecular flexibility index (Phi) is 9.42. The Morgan fingerprint density at radius 2 is 1.85 bits per heavy atom. The molecule has 0 radical (unpaired) electrons. The molecule has 14 heteroatoms. The summed E-state index contributed by atoms with van der Waals surface area (Å²) in [6.07, 6.45) is -1.95. The number of nitrogens with zero attached hydrogens (tertiary/aromatic N) is 4. The summed E-state index contributed by atoms with van der Waals surface area (Å²) in [6, 6.07) is 10.3. The van der Waals surface area contributed by atoms with E-state index in [0.717, 1.165) is 31.4 Å². The Bertz CT molecular complexity index is 1460. The summed E-state index contributed by atoms with van der Waals surface area (Å²) < 4.78 is 70.0. The highest BCUT2D eigenvalue weighted by Gasteiger charge is 2.32. The van der Waals surface area contributed by atoms with E-state index >= 15 is 0 Å². The van der Waals surface area contributed by atoms with Crippen LogP contribution in [0.5, 0.6) is 5.75 Å². The molecule has 0 aliphatic heterocycles. The van der Waals surface area contributed by atoms with E-state index in [4.69, 9.17) is 4.18 Å². The van der Waals surface area contributed by atoms with Crippen LogP contribution in [-0.4, -0.2) is 53.0 Å². The van der Waals surface area contributed by atoms with E-state index in [1.807, 2.05) is 6.07 Å². The maximum Gasteiger partial charge on any atom is 0.390 e. The normalized spacial score (nSPS) is 14.9. The van der Waals surface area contributed by atoms with Crippen LogP contribution < -0.4 is 4.18 Å². The van der Waals surface area contributed by atoms with Crippen LogP contribution in [0.15, 0.2) is 42.5 Å². The van der Waals surface area contributed by atoms with Gasteiger partial charge >= 0.3 is 6.18 Å². The summed E-state index contributed by atoms with van der Waals surface area (Å²) in [5.74, 6) is -2.39. The van der Waals surface area contributed by atoms with Gasteiger partial charge in [-0.3, -0.25) is 14.6 Å². The molecular weight excluding hydrogens is 568 g/mol. The van der Waals surface area contributed by atoms with Crippen molar-refractivity contribution in [3.63, 3.8) is 0 Å². The fraction of sp³-hybridized carbons (Fsp3) is 0.370. The molecule has 4 rings (SSSR count). The zero-order chi connectivity index (χ0) is 29.7. The van der Waals surface area contributed by atoms with Crippen molar-refractivity contribution in [2.24, 2.45) is 0 Å². The van der Waals surface area contributed by atoms with Gasteiger partial charge in [-0.25, -0.2) is 18.6 Å². The number of benzene rings is 2. The number of nitriles is 1. The van der Waals surface area contributed by atoms with E-state index < -0.39 is 53.8 Å². The smallest absolute Gasteiger partial charge is 0.390 e. The second-order valence-corrected chi connectivity index (χ2v) is 10.6. The van der Waals surface area contributed by atoms with Crippen molar-refractivity contribution in [3.8, 4) is 28.9 Å². The topological polar surface area (TPSA) is 129 Å². The minimum atomic E-state index is -4.49. The molecule has 2 aromatic carbocycles. The van der Waals surface area contributed by atoms with Crippen LogP contribution in [0, 0.1) is 17.1 Å². The van der Waals surface area contributed by atoms with Gasteiger partial charge in [-0.1, -0.05) is 19.3 Å². The molecule has 1 atom stereocenters. The number of aliphatic hydroxyl groups excluding tert-OH is 1. The lowest BCUT2D eigenvalue weighted by Gasteiger charge is -2.28. The number of hydroxylamine groups is 2. The van der Waals surface area contributed by atoms with Gasteiger partial charge in [0, 0.05) is 11.3 Å². The van der Waals surface area contributed by atoms with E-state index in [9.17, 15) is 42.1 Å². The van der Waals surface area contributed by atoms with Gasteiger partial charge in [0.1, 0.15) is 17.4 Å². The van der Waals surface area contributed by atoms with Gasteiger partial charge < -0.3 is 9.29 Å². The summed E-state index contributed by atoms with van der Waals surface area (Å²) >= 11 is -2.25. The van der Waals surface area contributed by atoms with Crippen LogP contribution in [0.25, 0.3) is 17.1 Å². The lowest BCUT2D eigenvalue weighted by molar-refractivity contribution is -0.129. The molecule has 1 fully saturated rings. The molecule has 1 unspecified atom stereocenters. The van der Waals surface area contributed by atoms with Crippen LogP contribution >= 0.6 is 0 Å². The number of alkyl halides is 3. The van der Waals surface area contributed by atoms with E-state index in [1.165, 1.54) is 34.9 Å². The first-order chi connectivity index (χ1) is 19.5. The Morgan fingerprint density at radius 3 is 2.46 bits per heavy atom. The van der Waals surface area contributed by atoms with E-state index in [1.54, 1.807) is 0 Å². The van der Waals surface area contributed by atoms with Crippen molar-refractivity contribution in [2.45, 2.75) is 57.3 Å². The average Bonchev–Trinajstić information content (AvgIpc) is 3.35. The summed E-state index contributed by atoms with van der Waals surface area (Å²) in [7, 11) is 0. The maximum atomic E-state index is 14.4. The molecule has 2 N–H and O–H groups in total. The zero-order valence-electron chi connectivity index (χ0n) is 21.6. The number of amides is 1. The molecule has 3 aromatic rings. The molecule has 1 aliphatic rings. The third-order valence-corrected chi connectivity index (χ3v) is 7.49. The molecule has 1 saturated carbocycles. The van der Waals surface area contributed by atoms with E-state index in [-0.39, 0.29) is 39.8 Å². The molecule has 1 aromatic heterocycles. The predicted molar refractivity (Wildman–Crippen MR) is 139 cm³/mol. The first-order valence-electron chi connectivity index (χ1n) is 12.7. The Morgan fingerprint density at radius 1 is 1.17 bits per heavy atom. The minimum Gasteiger partial charge on any atom is -0.401 e. The van der Waals surface area contributed by atoms with Gasteiger partial charge in [0.05, 0.1) is 42.1 Å². The molecule has 1 amide bonds. The van der Waals surface area contributed by atoms with Crippen LogP contribution in [0.1, 0.15) is 60.3 Å². The number of aromatic nitrogens is 2. The second kappa shape index (κ2) is 12.8. The fourth-order valence-electron chi connectivity index (χ4n) is 4.62. The first kappa shape index (κ1) is 30.2. The van der Waals surface area contributed by atoms with Crippen molar-refractivity contribution in [3.05, 3.63) is 65.2 Å². The highest BCUT2D eigenvalue weighted by Crippen LogP contribution is 2.31. The third-order valence-electron chi connectivity index (χ3n) is 6.58. The first-order valence-corrected chi connectivity index (χ1v) is 13.9. The number of hydrogen-bond donors (Lipinski definition) is 2. The van der Waals surface area contributed by atoms with Crippen LogP contribution in [0.2, 0.25) is 0 Å². The average molecular weight is 595 g/mol. The summed E-state index contributed by atoms with van der Waals surface area (Å²) in [6.45, 7) is -0.716. The van der Waals surface area contributed by atoms with Crippen LogP contribution in [0.3, 0.4) is 0 Å². The maximum absolute atomic E-state index is 14.4. The molecule has 1 aliphatic carbocycles. The van der Waals surface area contributed by atoms with Crippen molar-refractivity contribution in [2.75, 3.05) is 5.75 Å². The number of aliphatic hydroxyl groups is 1. The number of hydrogen-bond acceptors (Lipinski definition) is 7. The van der Waals surface area contributed by atoms with Gasteiger partial charge in [0.15, 0.2) is 5.69 Å². The number of rotatable bonds is 9. The van der Waals surface area contributed by atoms with Crippen LogP contribution in [-0.2, 0) is 17.7 Å². The van der Waals surface area contributed by atoms with Gasteiger partial charge in [-0.2, -0.15) is 18.4 Å². The van der Waals surface area contributed by atoms with Gasteiger partial charge in [0.25, 0.3) is 5.91 Å². The lowest BCUT2D eigenvalue weighted by Crippen LogP contribution is -2.39. The van der Waals surface area contributed by atoms with Crippen molar-refractivity contribution >= 4 is 17.0 Å². The number of carbonyl (C=O) groups excluding carboxylic acids is 1. The molecule has 41 heavy (non-hydrogen) atoms. The van der Waals surface area contributed by atoms with Gasteiger partial charge in [0.2, 0.25) is 11.1 Å². The second-order valence-electron chi connectivity index (χ2n) is 9.46.